The quantitative estimate of drug-likeness (QED) is 0.684. The molecule has 62 valence electrons. The lowest BCUT2D eigenvalue weighted by molar-refractivity contribution is -0.147. The van der Waals surface area contributed by atoms with Crippen molar-refractivity contribution < 1.29 is 13.2 Å². The molecule has 0 aliphatic rings. The second-order valence-corrected chi connectivity index (χ2v) is 2.14. The van der Waals surface area contributed by atoms with Crippen molar-refractivity contribution in [2.45, 2.75) is 19.0 Å². The average Bonchev–Trinajstić information content (AvgIpc) is 2.34. The summed E-state index contributed by atoms with van der Waals surface area (Å²) in [6.45, 7) is 1.03. The summed E-state index contributed by atoms with van der Waals surface area (Å²) in [6.07, 6.45) is -3.13. The third-order valence-corrected chi connectivity index (χ3v) is 1.34. The van der Waals surface area contributed by atoms with Crippen LogP contribution in [0.15, 0.2) is 6.33 Å². The van der Waals surface area contributed by atoms with E-state index in [0.29, 0.717) is 0 Å². The number of hydrogen-bond acceptors (Lipinski definition) is 2. The van der Waals surface area contributed by atoms with Gasteiger partial charge < -0.3 is 4.98 Å². The van der Waals surface area contributed by atoms with E-state index in [-0.39, 0.29) is 5.82 Å². The Balaban J connectivity index is 2.78. The van der Waals surface area contributed by atoms with E-state index in [1.54, 1.807) is 0 Å². The number of aromatic nitrogens is 3. The highest BCUT2D eigenvalue weighted by atomic mass is 19.4. The second kappa shape index (κ2) is 2.52. The Bertz CT molecular complexity index is 215. The fraction of sp³-hybridized carbons (Fsp3) is 0.600. The van der Waals surface area contributed by atoms with E-state index in [1.807, 2.05) is 0 Å². The molecule has 0 bridgehead atoms. The third kappa shape index (κ3) is 1.69. The Morgan fingerprint density at radius 1 is 1.55 bits per heavy atom. The van der Waals surface area contributed by atoms with Crippen molar-refractivity contribution in [3.8, 4) is 0 Å². The molecule has 1 N–H and O–H groups in total. The Hall–Kier alpha value is -1.07. The lowest BCUT2D eigenvalue weighted by Gasteiger charge is -2.11. The molecule has 0 saturated carbocycles. The van der Waals surface area contributed by atoms with Gasteiger partial charge >= 0.3 is 6.18 Å². The van der Waals surface area contributed by atoms with Gasteiger partial charge in [0.15, 0.2) is 0 Å². The summed E-state index contributed by atoms with van der Waals surface area (Å²) in [6, 6.07) is 0. The predicted octanol–water partition coefficient (Wildman–Crippen LogP) is 1.47. The minimum atomic E-state index is -4.25. The number of halogens is 3. The molecule has 1 heterocycles. The number of rotatable bonds is 1. The van der Waals surface area contributed by atoms with Gasteiger partial charge in [0, 0.05) is 0 Å². The smallest absolute Gasteiger partial charge is 0.331 e. The van der Waals surface area contributed by atoms with Crippen molar-refractivity contribution >= 4 is 0 Å². The van der Waals surface area contributed by atoms with Gasteiger partial charge in [-0.3, -0.25) is 0 Å². The van der Waals surface area contributed by atoms with Gasteiger partial charge in [-0.15, -0.1) is 10.2 Å². The second-order valence-electron chi connectivity index (χ2n) is 2.14. The van der Waals surface area contributed by atoms with Crippen LogP contribution in [-0.2, 0) is 0 Å². The Morgan fingerprint density at radius 2 is 2.18 bits per heavy atom. The average molecular weight is 165 g/mol. The highest BCUT2D eigenvalue weighted by Crippen LogP contribution is 2.31. The first-order valence-electron chi connectivity index (χ1n) is 2.94. The summed E-state index contributed by atoms with van der Waals surface area (Å²) < 4.78 is 35.8. The van der Waals surface area contributed by atoms with E-state index < -0.39 is 12.1 Å². The van der Waals surface area contributed by atoms with Crippen LogP contribution in [0.3, 0.4) is 0 Å². The number of alkyl halides is 3. The SMILES string of the molecule is CC(c1nnc[nH]1)C(F)(F)F. The van der Waals surface area contributed by atoms with Crippen molar-refractivity contribution in [1.82, 2.24) is 15.2 Å². The topological polar surface area (TPSA) is 41.6 Å². The maximum Gasteiger partial charge on any atom is 0.398 e. The molecule has 1 aromatic heterocycles. The molecule has 6 heteroatoms. The molecule has 0 fully saturated rings. The zero-order valence-corrected chi connectivity index (χ0v) is 5.68. The van der Waals surface area contributed by atoms with E-state index >= 15 is 0 Å². The molecule has 11 heavy (non-hydrogen) atoms. The standard InChI is InChI=1S/C5H6F3N3/c1-3(5(6,7)8)4-9-2-10-11-4/h2-3H,1H3,(H,9,10,11). The first-order chi connectivity index (χ1) is 5.02. The molecule has 0 spiro atoms. The molecule has 0 saturated heterocycles. The van der Waals surface area contributed by atoms with Crippen LogP contribution >= 0.6 is 0 Å². The van der Waals surface area contributed by atoms with Crippen molar-refractivity contribution in [2.75, 3.05) is 0 Å². The molecule has 0 amide bonds. The first-order valence-corrected chi connectivity index (χ1v) is 2.94. The van der Waals surface area contributed by atoms with Gasteiger partial charge in [-0.25, -0.2) is 0 Å². The Kier molecular flexibility index (Phi) is 1.84. The van der Waals surface area contributed by atoms with Gasteiger partial charge in [0.25, 0.3) is 0 Å². The van der Waals surface area contributed by atoms with Gasteiger partial charge in [0.05, 0.1) is 0 Å². The lowest BCUT2D eigenvalue weighted by Crippen LogP contribution is -2.18. The molecule has 1 atom stereocenters. The monoisotopic (exact) mass is 165 g/mol. The van der Waals surface area contributed by atoms with Crippen molar-refractivity contribution in [3.05, 3.63) is 12.2 Å². The third-order valence-electron chi connectivity index (χ3n) is 1.34. The molecular formula is C5H6F3N3. The number of aromatic amines is 1. The van der Waals surface area contributed by atoms with Crippen LogP contribution in [0.1, 0.15) is 18.7 Å². The number of nitrogens with zero attached hydrogens (tertiary/aromatic N) is 2. The van der Waals surface area contributed by atoms with E-state index in [2.05, 4.69) is 15.2 Å². The van der Waals surface area contributed by atoms with Crippen molar-refractivity contribution in [3.63, 3.8) is 0 Å². The van der Waals surface area contributed by atoms with Crippen LogP contribution in [0, 0.1) is 0 Å². The molecule has 3 nitrogen and oxygen atoms in total. The minimum Gasteiger partial charge on any atom is -0.331 e. The number of H-pyrrole nitrogens is 1. The summed E-state index contributed by atoms with van der Waals surface area (Å²) in [5, 5.41) is 6.51. The van der Waals surface area contributed by atoms with E-state index in [4.69, 9.17) is 0 Å². The number of nitrogens with one attached hydrogen (secondary N) is 1. The summed E-state index contributed by atoms with van der Waals surface area (Å²) in [5.74, 6) is -1.73. The zero-order chi connectivity index (χ0) is 8.48. The summed E-state index contributed by atoms with van der Waals surface area (Å²) in [7, 11) is 0. The highest BCUT2D eigenvalue weighted by Gasteiger charge is 2.38. The Labute approximate surface area is 60.6 Å². The maximum absolute atomic E-state index is 11.9. The van der Waals surface area contributed by atoms with Gasteiger partial charge in [0.2, 0.25) is 0 Å². The normalized spacial score (nSPS) is 14.9. The largest absolute Gasteiger partial charge is 0.398 e. The molecule has 0 radical (unpaired) electrons. The number of hydrogen-bond donors (Lipinski definition) is 1. The molecule has 0 aliphatic carbocycles. The summed E-state index contributed by atoms with van der Waals surface area (Å²) in [5.41, 5.74) is 0. The van der Waals surface area contributed by atoms with Crippen LogP contribution in [0.4, 0.5) is 13.2 Å². The molecule has 1 unspecified atom stereocenters. The first kappa shape index (κ1) is 8.03. The summed E-state index contributed by atoms with van der Waals surface area (Å²) >= 11 is 0. The van der Waals surface area contributed by atoms with Crippen LogP contribution in [0.25, 0.3) is 0 Å². The summed E-state index contributed by atoms with van der Waals surface area (Å²) in [4.78, 5) is 2.30. The van der Waals surface area contributed by atoms with Gasteiger partial charge in [-0.05, 0) is 6.92 Å². The maximum atomic E-state index is 11.9. The molecule has 1 rings (SSSR count). The zero-order valence-electron chi connectivity index (χ0n) is 5.68. The van der Waals surface area contributed by atoms with Crippen LogP contribution < -0.4 is 0 Å². The van der Waals surface area contributed by atoms with Crippen LogP contribution in [0.2, 0.25) is 0 Å². The van der Waals surface area contributed by atoms with Gasteiger partial charge in [0.1, 0.15) is 18.1 Å². The fourth-order valence-electron chi connectivity index (χ4n) is 0.582. The fourth-order valence-corrected chi connectivity index (χ4v) is 0.582. The van der Waals surface area contributed by atoms with Crippen LogP contribution in [-0.4, -0.2) is 21.4 Å². The molecular weight excluding hydrogens is 159 g/mol. The minimum absolute atomic E-state index is 0.155. The van der Waals surface area contributed by atoms with E-state index in [9.17, 15) is 13.2 Å². The van der Waals surface area contributed by atoms with E-state index in [0.717, 1.165) is 13.3 Å². The Morgan fingerprint density at radius 3 is 2.55 bits per heavy atom. The molecule has 1 aromatic rings. The van der Waals surface area contributed by atoms with Gasteiger partial charge in [-0.2, -0.15) is 13.2 Å². The van der Waals surface area contributed by atoms with Crippen LogP contribution in [0.5, 0.6) is 0 Å². The van der Waals surface area contributed by atoms with Crippen molar-refractivity contribution in [2.24, 2.45) is 0 Å². The van der Waals surface area contributed by atoms with E-state index in [1.165, 1.54) is 0 Å². The molecule has 0 aliphatic heterocycles. The predicted molar refractivity (Wildman–Crippen MR) is 30.9 cm³/mol. The van der Waals surface area contributed by atoms with Crippen molar-refractivity contribution in [1.29, 1.82) is 0 Å². The lowest BCUT2D eigenvalue weighted by atomic mass is 10.2. The molecule has 0 aromatic carbocycles. The van der Waals surface area contributed by atoms with Gasteiger partial charge in [-0.1, -0.05) is 0 Å². The highest BCUT2D eigenvalue weighted by molar-refractivity contribution is 4.94.